The Morgan fingerprint density at radius 3 is 2.68 bits per heavy atom. The zero-order chi connectivity index (χ0) is 13.6. The van der Waals surface area contributed by atoms with Crippen LogP contribution in [-0.4, -0.2) is 40.6 Å². The molecule has 5 atom stereocenters. The lowest BCUT2D eigenvalue weighted by Crippen LogP contribution is -2.47. The molecule has 4 nitrogen and oxygen atoms in total. The largest absolute Gasteiger partial charge is 0.390 e. The summed E-state index contributed by atoms with van der Waals surface area (Å²) in [5, 5.41) is 10.1. The van der Waals surface area contributed by atoms with Crippen molar-refractivity contribution < 1.29 is 9.90 Å². The van der Waals surface area contributed by atoms with E-state index in [2.05, 4.69) is 0 Å². The maximum Gasteiger partial charge on any atom is 0.227 e. The number of carbonyl (C=O) groups excluding carboxylic acids is 1. The van der Waals surface area contributed by atoms with E-state index in [1.54, 1.807) is 0 Å². The van der Waals surface area contributed by atoms with Crippen LogP contribution in [0.25, 0.3) is 0 Å². The molecular weight excluding hydrogens is 240 g/mol. The van der Waals surface area contributed by atoms with Gasteiger partial charge < -0.3 is 15.7 Å². The van der Waals surface area contributed by atoms with Crippen LogP contribution >= 0.6 is 0 Å². The van der Waals surface area contributed by atoms with Gasteiger partial charge in [0.1, 0.15) is 0 Å². The third-order valence-corrected chi connectivity index (χ3v) is 5.64. The number of hydrogen-bond acceptors (Lipinski definition) is 3. The number of nitrogens with zero attached hydrogens (tertiary/aromatic N) is 1. The first-order chi connectivity index (χ1) is 8.98. The molecule has 1 amide bonds. The van der Waals surface area contributed by atoms with Crippen molar-refractivity contribution >= 4 is 5.91 Å². The molecule has 1 aliphatic heterocycles. The highest BCUT2D eigenvalue weighted by molar-refractivity contribution is 5.80. The van der Waals surface area contributed by atoms with Gasteiger partial charge in [0.15, 0.2) is 0 Å². The van der Waals surface area contributed by atoms with Gasteiger partial charge in [-0.1, -0.05) is 0 Å². The van der Waals surface area contributed by atoms with E-state index in [0.29, 0.717) is 24.8 Å². The molecule has 19 heavy (non-hydrogen) atoms. The predicted octanol–water partition coefficient (Wildman–Crippen LogP) is 1.12. The summed E-state index contributed by atoms with van der Waals surface area (Å²) in [5.41, 5.74) is 5.66. The number of fused-ring (bicyclic) bond motifs is 2. The van der Waals surface area contributed by atoms with Crippen molar-refractivity contribution in [3.8, 4) is 0 Å². The highest BCUT2D eigenvalue weighted by atomic mass is 16.3. The van der Waals surface area contributed by atoms with Crippen LogP contribution in [0.15, 0.2) is 0 Å². The number of hydrogen-bond donors (Lipinski definition) is 2. The predicted molar refractivity (Wildman–Crippen MR) is 73.4 cm³/mol. The molecule has 1 heterocycles. The minimum Gasteiger partial charge on any atom is -0.390 e. The zero-order valence-corrected chi connectivity index (χ0v) is 11.8. The summed E-state index contributed by atoms with van der Waals surface area (Å²) in [6.07, 6.45) is 5.93. The van der Waals surface area contributed by atoms with Crippen molar-refractivity contribution in [3.05, 3.63) is 0 Å². The van der Waals surface area contributed by atoms with Crippen LogP contribution in [0.5, 0.6) is 0 Å². The number of carbonyl (C=O) groups is 1. The molecule has 3 fully saturated rings. The van der Waals surface area contributed by atoms with Crippen LogP contribution in [0.3, 0.4) is 0 Å². The van der Waals surface area contributed by atoms with Gasteiger partial charge in [-0.15, -0.1) is 0 Å². The van der Waals surface area contributed by atoms with Gasteiger partial charge in [-0.3, -0.25) is 4.79 Å². The lowest BCUT2D eigenvalue weighted by atomic mass is 9.84. The maximum atomic E-state index is 12.7. The second-order valence-electron chi connectivity index (χ2n) is 7.11. The molecule has 3 N–H and O–H groups in total. The van der Waals surface area contributed by atoms with Gasteiger partial charge in [0.2, 0.25) is 5.91 Å². The van der Waals surface area contributed by atoms with Crippen LogP contribution in [-0.2, 0) is 4.79 Å². The topological polar surface area (TPSA) is 66.6 Å². The Morgan fingerprint density at radius 1 is 1.26 bits per heavy atom. The molecule has 0 radical (unpaired) electrons. The van der Waals surface area contributed by atoms with Gasteiger partial charge in [0.25, 0.3) is 0 Å². The van der Waals surface area contributed by atoms with Crippen molar-refractivity contribution in [2.45, 2.75) is 57.1 Å². The average Bonchev–Trinajstić information content (AvgIpc) is 2.88. The molecule has 3 rings (SSSR count). The first-order valence-electron chi connectivity index (χ1n) is 7.75. The van der Waals surface area contributed by atoms with E-state index in [1.165, 1.54) is 12.8 Å². The quantitative estimate of drug-likeness (QED) is 0.747. The molecule has 2 saturated carbocycles. The lowest BCUT2D eigenvalue weighted by molar-refractivity contribution is -0.137. The molecule has 0 aromatic rings. The Balaban J connectivity index is 1.67. The summed E-state index contributed by atoms with van der Waals surface area (Å²) in [4.78, 5) is 14.7. The molecule has 108 valence electrons. The fourth-order valence-electron chi connectivity index (χ4n) is 4.40. The number of aliphatic hydroxyl groups is 1. The second kappa shape index (κ2) is 4.74. The second-order valence-corrected chi connectivity index (χ2v) is 7.11. The van der Waals surface area contributed by atoms with Gasteiger partial charge in [0, 0.05) is 19.1 Å². The fraction of sp³-hybridized carbons (Fsp3) is 0.933. The third-order valence-electron chi connectivity index (χ3n) is 5.64. The number of likely N-dealkylation sites (tertiary alicyclic amines) is 1. The molecule has 2 aliphatic carbocycles. The SMILES string of the molecule is CC1(O)CCCN(C(=O)C2C3CCC(C3)C2N)CC1. The Morgan fingerprint density at radius 2 is 2.00 bits per heavy atom. The molecule has 0 aromatic heterocycles. The van der Waals surface area contributed by atoms with E-state index < -0.39 is 5.60 Å². The van der Waals surface area contributed by atoms with Crippen molar-refractivity contribution in [1.29, 1.82) is 0 Å². The number of rotatable bonds is 1. The van der Waals surface area contributed by atoms with Crippen molar-refractivity contribution in [1.82, 2.24) is 4.90 Å². The van der Waals surface area contributed by atoms with Crippen molar-refractivity contribution in [2.24, 2.45) is 23.5 Å². The Hall–Kier alpha value is -0.610. The van der Waals surface area contributed by atoms with E-state index in [1.807, 2.05) is 11.8 Å². The number of nitrogens with two attached hydrogens (primary N) is 1. The summed E-state index contributed by atoms with van der Waals surface area (Å²) in [7, 11) is 0. The van der Waals surface area contributed by atoms with Gasteiger partial charge in [-0.2, -0.15) is 0 Å². The van der Waals surface area contributed by atoms with Crippen molar-refractivity contribution in [3.63, 3.8) is 0 Å². The fourth-order valence-corrected chi connectivity index (χ4v) is 4.40. The van der Waals surface area contributed by atoms with Crippen molar-refractivity contribution in [2.75, 3.05) is 13.1 Å². The molecule has 0 spiro atoms. The summed E-state index contributed by atoms with van der Waals surface area (Å²) < 4.78 is 0. The van der Waals surface area contributed by atoms with Gasteiger partial charge in [0.05, 0.1) is 11.5 Å². The monoisotopic (exact) mass is 266 g/mol. The first-order valence-corrected chi connectivity index (χ1v) is 7.75. The molecule has 5 unspecified atom stereocenters. The standard InChI is InChI=1S/C15H26N2O2/c1-15(19)5-2-7-17(8-6-15)14(18)12-10-3-4-11(9-10)13(12)16/h10-13,19H,2-9,16H2,1H3. The molecule has 2 bridgehead atoms. The Bertz CT molecular complexity index is 367. The normalized spacial score (nSPS) is 46.4. The van der Waals surface area contributed by atoms with E-state index in [4.69, 9.17) is 5.73 Å². The van der Waals surface area contributed by atoms with E-state index in [0.717, 1.165) is 25.8 Å². The zero-order valence-electron chi connectivity index (χ0n) is 11.8. The Labute approximate surface area is 115 Å². The van der Waals surface area contributed by atoms with Crippen LogP contribution in [0.4, 0.5) is 0 Å². The first kappa shape index (κ1) is 13.4. The lowest BCUT2D eigenvalue weighted by Gasteiger charge is -2.32. The molecule has 4 heteroatoms. The van der Waals surface area contributed by atoms with E-state index >= 15 is 0 Å². The molecule has 1 saturated heterocycles. The molecule has 0 aromatic carbocycles. The summed E-state index contributed by atoms with van der Waals surface area (Å²) in [6.45, 7) is 3.35. The highest BCUT2D eigenvalue weighted by Crippen LogP contribution is 2.48. The molecule has 3 aliphatic rings. The Kier molecular flexibility index (Phi) is 3.34. The molecular formula is C15H26N2O2. The van der Waals surface area contributed by atoms with Crippen LogP contribution < -0.4 is 5.73 Å². The van der Waals surface area contributed by atoms with Gasteiger partial charge in [-0.05, 0) is 57.3 Å². The number of amides is 1. The third kappa shape index (κ3) is 2.40. The summed E-state index contributed by atoms with van der Waals surface area (Å²) in [5.74, 6) is 1.42. The van der Waals surface area contributed by atoms with Crippen LogP contribution in [0.1, 0.15) is 45.4 Å². The van der Waals surface area contributed by atoms with Gasteiger partial charge >= 0.3 is 0 Å². The smallest absolute Gasteiger partial charge is 0.227 e. The minimum absolute atomic E-state index is 0.0572. The summed E-state index contributed by atoms with van der Waals surface area (Å²) >= 11 is 0. The van der Waals surface area contributed by atoms with Gasteiger partial charge in [-0.25, -0.2) is 0 Å². The highest BCUT2D eigenvalue weighted by Gasteiger charge is 2.50. The maximum absolute atomic E-state index is 12.7. The average molecular weight is 266 g/mol. The van der Waals surface area contributed by atoms with Crippen LogP contribution in [0, 0.1) is 17.8 Å². The van der Waals surface area contributed by atoms with E-state index in [9.17, 15) is 9.90 Å². The van der Waals surface area contributed by atoms with E-state index in [-0.39, 0.29) is 17.9 Å². The van der Waals surface area contributed by atoms with Crippen LogP contribution in [0.2, 0.25) is 0 Å². The summed E-state index contributed by atoms with van der Waals surface area (Å²) in [6, 6.07) is 0.0787. The minimum atomic E-state index is -0.605.